The number of amides is 3. The van der Waals surface area contributed by atoms with Crippen LogP contribution >= 0.6 is 0 Å². The van der Waals surface area contributed by atoms with Gasteiger partial charge in [0.25, 0.3) is 5.91 Å². The monoisotopic (exact) mass is 927 g/mol. The minimum Gasteiger partial charge on any atom is -0.497 e. The standard InChI is InChI=1S/C44H58F5N5O9S/c1-7-26-32-23-54(34(26)36(56)52-42(22-28(42)35(45)46)39(58)53-64(59,60)41(5)18-19-41)38(57)27(40(2,3)4)21-33(55)63-43(44(47,48)49)17-11-13-24(43)12-9-8-10-14-30-37(62-32)51-31-20-25(61-6)15-16-29(31)50-30/h15-16,20,24,26-28,32,34-35H,7-14,17-19,21-23H2,1-6H3,(H,52,56)(H,53,58)/t24-,26-,27-,28+,32+,34+,42-,43+/m1/s1. The molecule has 8 atom stereocenters. The van der Waals surface area contributed by atoms with E-state index in [1.165, 1.54) is 14.0 Å². The van der Waals surface area contributed by atoms with Crippen molar-refractivity contribution in [2.75, 3.05) is 13.7 Å². The van der Waals surface area contributed by atoms with Gasteiger partial charge in [0, 0.05) is 17.9 Å². The van der Waals surface area contributed by atoms with Gasteiger partial charge in [-0.3, -0.25) is 23.9 Å². The van der Waals surface area contributed by atoms with E-state index < -0.39 is 123 Å². The second-order valence-corrected chi connectivity index (χ2v) is 21.9. The number of sulfonamides is 1. The number of hydrogen-bond acceptors (Lipinski definition) is 11. The third-order valence-electron chi connectivity index (χ3n) is 14.4. The molecular formula is C44H58F5N5O9S. The normalized spacial score (nSPS) is 31.2. The molecule has 4 fully saturated rings. The topological polar surface area (TPSA) is 183 Å². The number of benzene rings is 1. The van der Waals surface area contributed by atoms with Gasteiger partial charge in [-0.25, -0.2) is 27.2 Å². The first kappa shape index (κ1) is 47.6. The van der Waals surface area contributed by atoms with E-state index in [1.54, 1.807) is 45.9 Å². The van der Waals surface area contributed by atoms with Crippen LogP contribution in [0.2, 0.25) is 0 Å². The number of aryl methyl sites for hydroxylation is 1. The van der Waals surface area contributed by atoms with Crippen LogP contribution in [0.15, 0.2) is 18.2 Å². The van der Waals surface area contributed by atoms with E-state index in [0.29, 0.717) is 48.2 Å². The van der Waals surface area contributed by atoms with Crippen LogP contribution in [-0.2, 0) is 40.4 Å². The molecule has 354 valence electrons. The Morgan fingerprint density at radius 1 is 1.02 bits per heavy atom. The number of hydrogen-bond donors (Lipinski definition) is 2. The molecule has 2 aliphatic heterocycles. The third-order valence-corrected chi connectivity index (χ3v) is 16.6. The molecule has 1 aromatic carbocycles. The minimum absolute atomic E-state index is 0.0798. The van der Waals surface area contributed by atoms with Crippen LogP contribution in [0.1, 0.15) is 117 Å². The van der Waals surface area contributed by atoms with Gasteiger partial charge >= 0.3 is 12.1 Å². The van der Waals surface area contributed by atoms with Crippen LogP contribution in [0.5, 0.6) is 11.6 Å². The highest BCUT2D eigenvalue weighted by Crippen LogP contribution is 2.53. The van der Waals surface area contributed by atoms with Gasteiger partial charge in [-0.05, 0) is 88.7 Å². The van der Waals surface area contributed by atoms with Crippen LogP contribution in [0.25, 0.3) is 11.0 Å². The van der Waals surface area contributed by atoms with Crippen LogP contribution in [0, 0.1) is 29.1 Å². The first-order valence-corrected chi connectivity index (χ1v) is 23.7. The first-order chi connectivity index (χ1) is 29.9. The number of carbonyl (C=O) groups excluding carboxylic acids is 4. The summed E-state index contributed by atoms with van der Waals surface area (Å²) in [4.78, 5) is 68.3. The summed E-state index contributed by atoms with van der Waals surface area (Å²) >= 11 is 0. The molecule has 64 heavy (non-hydrogen) atoms. The lowest BCUT2D eigenvalue weighted by Gasteiger charge is -2.39. The van der Waals surface area contributed by atoms with Gasteiger partial charge in [-0.15, -0.1) is 0 Å². The van der Waals surface area contributed by atoms with E-state index in [1.807, 2.05) is 4.72 Å². The zero-order valence-corrected chi connectivity index (χ0v) is 37.8. The number of fused-ring (bicyclic) bond motifs is 5. The van der Waals surface area contributed by atoms with Crippen molar-refractivity contribution in [1.29, 1.82) is 0 Å². The summed E-state index contributed by atoms with van der Waals surface area (Å²) in [6, 6.07) is 3.53. The van der Waals surface area contributed by atoms with Crippen molar-refractivity contribution >= 4 is 44.7 Å². The Balaban J connectivity index is 1.31. The molecular weight excluding hydrogens is 870 g/mol. The zero-order valence-electron chi connectivity index (χ0n) is 37.0. The van der Waals surface area contributed by atoms with Crippen LogP contribution in [0.4, 0.5) is 22.0 Å². The zero-order chi connectivity index (χ0) is 46.8. The van der Waals surface area contributed by atoms with Gasteiger partial charge in [0.05, 0.1) is 47.7 Å². The second-order valence-electron chi connectivity index (χ2n) is 19.7. The van der Waals surface area contributed by atoms with E-state index in [-0.39, 0.29) is 50.9 Å². The second kappa shape index (κ2) is 17.1. The highest BCUT2D eigenvalue weighted by molar-refractivity contribution is 7.91. The van der Waals surface area contributed by atoms with E-state index in [9.17, 15) is 31.6 Å². The Hall–Kier alpha value is -4.36. The summed E-state index contributed by atoms with van der Waals surface area (Å²) in [6.07, 6.45) is -8.05. The van der Waals surface area contributed by atoms with Gasteiger partial charge in [-0.1, -0.05) is 40.5 Å². The molecule has 3 heterocycles. The lowest BCUT2D eigenvalue weighted by Crippen LogP contribution is -2.59. The third kappa shape index (κ3) is 8.84. The van der Waals surface area contributed by atoms with Crippen molar-refractivity contribution in [2.45, 2.75) is 159 Å². The fraction of sp³-hybridized carbons (Fsp3) is 0.727. The van der Waals surface area contributed by atoms with Crippen LogP contribution in [-0.4, -0.2) is 101 Å². The molecule has 2 aromatic rings. The number of ether oxygens (including phenoxy) is 3. The molecule has 2 N–H and O–H groups in total. The molecule has 14 nitrogen and oxygen atoms in total. The molecule has 1 aromatic heterocycles. The van der Waals surface area contributed by atoms with Crippen molar-refractivity contribution in [1.82, 2.24) is 24.9 Å². The van der Waals surface area contributed by atoms with Gasteiger partial charge in [-0.2, -0.15) is 13.2 Å². The molecule has 3 amide bonds. The molecule has 0 radical (unpaired) electrons. The van der Waals surface area contributed by atoms with Crippen LogP contribution in [0.3, 0.4) is 0 Å². The molecule has 20 heteroatoms. The van der Waals surface area contributed by atoms with Crippen molar-refractivity contribution in [2.24, 2.45) is 29.1 Å². The molecule has 1 saturated heterocycles. The SMILES string of the molecule is CC[C@@H]1[C@@H]2CN(C(=O)[C@H](C(C)(C)C)CC(=O)O[C@@]3(C(F)(F)F)CCC[C@H]3CCCCCc3nc4ccc(OC)cc4nc3O2)[C@@H]1C(=O)N[C@]1(C(=O)NS(=O)(=O)C2(C)CC2)C[C@H]1C(F)F. The number of rotatable bonds is 8. The maximum Gasteiger partial charge on any atom is 0.428 e. The Morgan fingerprint density at radius 3 is 2.33 bits per heavy atom. The van der Waals surface area contributed by atoms with E-state index >= 15 is 18.0 Å². The average molecular weight is 928 g/mol. The van der Waals surface area contributed by atoms with Crippen molar-refractivity contribution in [3.8, 4) is 11.6 Å². The predicted molar refractivity (Wildman–Crippen MR) is 221 cm³/mol. The predicted octanol–water partition coefficient (Wildman–Crippen LogP) is 6.57. The van der Waals surface area contributed by atoms with E-state index in [0.717, 1.165) is 4.90 Å². The Bertz CT molecular complexity index is 2270. The summed E-state index contributed by atoms with van der Waals surface area (Å²) in [5, 5.41) is 2.44. The summed E-state index contributed by atoms with van der Waals surface area (Å²) in [5.41, 5.74) is -4.89. The molecule has 0 spiro atoms. The number of aromatic nitrogens is 2. The largest absolute Gasteiger partial charge is 0.497 e. The number of methoxy groups -OCH3 is 1. The van der Waals surface area contributed by atoms with Gasteiger partial charge in [0.1, 0.15) is 29.1 Å². The molecule has 3 aliphatic carbocycles. The minimum atomic E-state index is -4.90. The number of esters is 1. The van der Waals surface area contributed by atoms with Crippen LogP contribution < -0.4 is 19.5 Å². The van der Waals surface area contributed by atoms with Gasteiger partial charge < -0.3 is 24.4 Å². The van der Waals surface area contributed by atoms with Crippen molar-refractivity contribution in [3.63, 3.8) is 0 Å². The molecule has 7 rings (SSSR count). The average Bonchev–Trinajstić information content (AvgIpc) is 4.06. The van der Waals surface area contributed by atoms with Gasteiger partial charge in [0.15, 0.2) is 0 Å². The molecule has 5 aliphatic rings. The lowest BCUT2D eigenvalue weighted by molar-refractivity contribution is -0.282. The number of alkyl halides is 5. The highest BCUT2D eigenvalue weighted by atomic mass is 32.2. The number of nitrogens with one attached hydrogen (secondary N) is 2. The summed E-state index contributed by atoms with van der Waals surface area (Å²) in [5.74, 6) is -8.94. The summed E-state index contributed by atoms with van der Waals surface area (Å²) in [6.45, 7) is 7.64. The Morgan fingerprint density at radius 2 is 1.72 bits per heavy atom. The smallest absolute Gasteiger partial charge is 0.428 e. The van der Waals surface area contributed by atoms with Gasteiger partial charge in [0.2, 0.25) is 39.7 Å². The number of halogens is 5. The molecule has 2 bridgehead atoms. The Labute approximate surface area is 369 Å². The summed E-state index contributed by atoms with van der Waals surface area (Å²) in [7, 11) is -2.84. The number of carbonyl (C=O) groups is 4. The maximum atomic E-state index is 15.1. The lowest BCUT2D eigenvalue weighted by atomic mass is 9.77. The summed E-state index contributed by atoms with van der Waals surface area (Å²) < 4.78 is 119. The number of nitrogens with zero attached hydrogens (tertiary/aromatic N) is 3. The van der Waals surface area contributed by atoms with E-state index in [2.05, 4.69) is 5.32 Å². The highest BCUT2D eigenvalue weighted by Gasteiger charge is 2.68. The van der Waals surface area contributed by atoms with E-state index in [4.69, 9.17) is 24.2 Å². The fourth-order valence-corrected chi connectivity index (χ4v) is 11.3. The molecule has 0 unspecified atom stereocenters. The van der Waals surface area contributed by atoms with Crippen molar-refractivity contribution in [3.05, 3.63) is 23.9 Å². The quantitative estimate of drug-likeness (QED) is 0.216. The first-order valence-electron chi connectivity index (χ1n) is 22.2. The maximum absolute atomic E-state index is 15.1. The molecule has 3 saturated carbocycles. The fourth-order valence-electron chi connectivity index (χ4n) is 9.99. The Kier molecular flexibility index (Phi) is 12.7. The van der Waals surface area contributed by atoms with Crippen molar-refractivity contribution < 1.29 is 63.8 Å².